The van der Waals surface area contributed by atoms with E-state index in [-0.39, 0.29) is 11.4 Å². The minimum atomic E-state index is -1.68. The van der Waals surface area contributed by atoms with Crippen LogP contribution in [-0.2, 0) is 14.3 Å². The normalized spacial score (nSPS) is 10.2. The third-order valence-electron chi connectivity index (χ3n) is 3.07. The van der Waals surface area contributed by atoms with Crippen LogP contribution in [0.15, 0.2) is 36.4 Å². The van der Waals surface area contributed by atoms with Gasteiger partial charge in [-0.15, -0.1) is 0 Å². The van der Waals surface area contributed by atoms with Crippen LogP contribution in [0.5, 0.6) is 0 Å². The highest BCUT2D eigenvalue weighted by atomic mass is 19.1. The number of ether oxygens (including phenoxy) is 1. The number of benzene rings is 2. The Morgan fingerprint density at radius 1 is 0.720 bits per heavy atom. The molecule has 0 bridgehead atoms. The molecular formula is C16H10F2N2O5. The van der Waals surface area contributed by atoms with Crippen LogP contribution < -0.4 is 11.5 Å². The summed E-state index contributed by atoms with van der Waals surface area (Å²) >= 11 is 0. The highest BCUT2D eigenvalue weighted by Gasteiger charge is 2.28. The molecule has 0 aliphatic rings. The first-order chi connectivity index (χ1) is 11.7. The summed E-state index contributed by atoms with van der Waals surface area (Å²) in [5, 5.41) is 0. The molecule has 2 aromatic carbocycles. The summed E-state index contributed by atoms with van der Waals surface area (Å²) in [6.45, 7) is 0. The van der Waals surface area contributed by atoms with Crippen LogP contribution in [0.1, 0.15) is 20.7 Å². The molecule has 4 N–H and O–H groups in total. The number of anilines is 2. The summed E-state index contributed by atoms with van der Waals surface area (Å²) in [6, 6.07) is 5.21. The number of carbonyl (C=O) groups is 4. The molecule has 0 saturated carbocycles. The van der Waals surface area contributed by atoms with Crippen molar-refractivity contribution in [3.05, 3.63) is 59.2 Å². The topological polar surface area (TPSA) is 130 Å². The predicted molar refractivity (Wildman–Crippen MR) is 81.4 cm³/mol. The lowest BCUT2D eigenvalue weighted by molar-refractivity contribution is -0.152. The van der Waals surface area contributed by atoms with Crippen LogP contribution in [0.2, 0.25) is 0 Å². The van der Waals surface area contributed by atoms with Crippen LogP contribution in [0.3, 0.4) is 0 Å². The van der Waals surface area contributed by atoms with Crippen molar-refractivity contribution in [2.45, 2.75) is 0 Å². The summed E-state index contributed by atoms with van der Waals surface area (Å²) in [5.41, 5.74) is 9.33. The minimum absolute atomic E-state index is 0.344. The van der Waals surface area contributed by atoms with Gasteiger partial charge in [0.15, 0.2) is 0 Å². The third-order valence-corrected chi connectivity index (χ3v) is 3.07. The molecule has 0 fully saturated rings. The molecule has 0 aromatic heterocycles. The van der Waals surface area contributed by atoms with Gasteiger partial charge in [0.1, 0.15) is 11.6 Å². The van der Waals surface area contributed by atoms with E-state index in [0.717, 1.165) is 36.4 Å². The Morgan fingerprint density at radius 3 is 1.40 bits per heavy atom. The number of Topliss-reactive ketones (excluding diaryl/α,β-unsaturated/α-hetero) is 2. The monoisotopic (exact) mass is 348 g/mol. The van der Waals surface area contributed by atoms with Crippen LogP contribution in [0.25, 0.3) is 0 Å². The van der Waals surface area contributed by atoms with Gasteiger partial charge < -0.3 is 16.2 Å². The third kappa shape index (κ3) is 3.83. The molecule has 0 unspecified atom stereocenters. The molecule has 0 atom stereocenters. The largest absolute Gasteiger partial charge is 0.398 e. The Balaban J connectivity index is 2.15. The van der Waals surface area contributed by atoms with E-state index in [4.69, 9.17) is 11.5 Å². The Labute approximate surface area is 139 Å². The van der Waals surface area contributed by atoms with Gasteiger partial charge in [-0.2, -0.15) is 0 Å². The first-order valence-electron chi connectivity index (χ1n) is 6.66. The molecule has 2 rings (SSSR count). The predicted octanol–water partition coefficient (Wildman–Crippen LogP) is 1.26. The van der Waals surface area contributed by atoms with Crippen molar-refractivity contribution in [1.29, 1.82) is 0 Å². The molecule has 0 saturated heterocycles. The number of hydrogen-bond donors (Lipinski definition) is 2. The number of carbonyl (C=O) groups excluding carboxylic acids is 4. The number of ketones is 2. The molecule has 25 heavy (non-hydrogen) atoms. The summed E-state index contributed by atoms with van der Waals surface area (Å²) in [7, 11) is 0. The summed E-state index contributed by atoms with van der Waals surface area (Å²) in [4.78, 5) is 47.1. The molecule has 0 amide bonds. The van der Waals surface area contributed by atoms with Crippen molar-refractivity contribution in [3.8, 4) is 0 Å². The zero-order valence-electron chi connectivity index (χ0n) is 12.4. The van der Waals surface area contributed by atoms with Gasteiger partial charge in [0.25, 0.3) is 11.6 Å². The first kappa shape index (κ1) is 17.7. The number of esters is 2. The van der Waals surface area contributed by atoms with Gasteiger partial charge in [0, 0.05) is 11.4 Å². The van der Waals surface area contributed by atoms with E-state index < -0.39 is 46.3 Å². The van der Waals surface area contributed by atoms with Crippen molar-refractivity contribution in [3.63, 3.8) is 0 Å². The average Bonchev–Trinajstić information content (AvgIpc) is 2.53. The molecule has 9 heteroatoms. The Hall–Kier alpha value is -3.62. The fourth-order valence-electron chi connectivity index (χ4n) is 1.88. The number of halogens is 2. The van der Waals surface area contributed by atoms with Gasteiger partial charge in [-0.3, -0.25) is 9.59 Å². The maximum absolute atomic E-state index is 12.9. The molecule has 0 aliphatic heterocycles. The van der Waals surface area contributed by atoms with Crippen LogP contribution >= 0.6 is 0 Å². The van der Waals surface area contributed by atoms with E-state index in [0.29, 0.717) is 0 Å². The second-order valence-corrected chi connectivity index (χ2v) is 4.80. The molecule has 0 heterocycles. The van der Waals surface area contributed by atoms with Crippen molar-refractivity contribution in [2.24, 2.45) is 0 Å². The van der Waals surface area contributed by atoms with E-state index in [1.807, 2.05) is 0 Å². The number of rotatable bonds is 4. The zero-order valence-corrected chi connectivity index (χ0v) is 12.4. The highest BCUT2D eigenvalue weighted by molar-refractivity contribution is 6.49. The van der Waals surface area contributed by atoms with Crippen molar-refractivity contribution in [2.75, 3.05) is 11.5 Å². The SMILES string of the molecule is Nc1cc(F)ccc1C(=O)C(=O)OC(=O)C(=O)c1ccc(F)cc1N. The van der Waals surface area contributed by atoms with Crippen LogP contribution in [0, 0.1) is 11.6 Å². The van der Waals surface area contributed by atoms with Gasteiger partial charge in [-0.25, -0.2) is 18.4 Å². The standard InChI is InChI=1S/C16H10F2N2O5/c17-7-1-3-9(11(19)5-7)13(21)15(23)25-16(24)14(22)10-4-2-8(18)6-12(10)20/h1-6H,19-20H2. The lowest BCUT2D eigenvalue weighted by Crippen LogP contribution is -2.27. The number of hydrogen-bond acceptors (Lipinski definition) is 7. The molecule has 128 valence electrons. The number of nitrogen functional groups attached to an aromatic ring is 2. The van der Waals surface area contributed by atoms with Crippen molar-refractivity contribution < 1.29 is 32.7 Å². The van der Waals surface area contributed by atoms with E-state index >= 15 is 0 Å². The molecule has 0 radical (unpaired) electrons. The van der Waals surface area contributed by atoms with E-state index in [9.17, 15) is 28.0 Å². The summed E-state index contributed by atoms with van der Waals surface area (Å²) in [5.74, 6) is -7.52. The van der Waals surface area contributed by atoms with Crippen molar-refractivity contribution in [1.82, 2.24) is 0 Å². The average molecular weight is 348 g/mol. The fraction of sp³-hybridized carbons (Fsp3) is 0. The Bertz CT molecular complexity index is 838. The quantitative estimate of drug-likeness (QED) is 0.280. The maximum atomic E-state index is 12.9. The van der Waals surface area contributed by atoms with Gasteiger partial charge in [-0.1, -0.05) is 0 Å². The second-order valence-electron chi connectivity index (χ2n) is 4.80. The molecule has 7 nitrogen and oxygen atoms in total. The lowest BCUT2D eigenvalue weighted by atomic mass is 10.1. The van der Waals surface area contributed by atoms with Crippen LogP contribution in [-0.4, -0.2) is 23.5 Å². The Morgan fingerprint density at radius 2 is 1.08 bits per heavy atom. The van der Waals surface area contributed by atoms with Crippen molar-refractivity contribution >= 4 is 34.9 Å². The van der Waals surface area contributed by atoms with E-state index in [1.54, 1.807) is 0 Å². The zero-order chi connectivity index (χ0) is 18.7. The minimum Gasteiger partial charge on any atom is -0.398 e. The summed E-state index contributed by atoms with van der Waals surface area (Å²) < 4.78 is 30.1. The van der Waals surface area contributed by atoms with E-state index in [1.165, 1.54) is 0 Å². The first-order valence-corrected chi connectivity index (χ1v) is 6.66. The lowest BCUT2D eigenvalue weighted by Gasteiger charge is -2.06. The van der Waals surface area contributed by atoms with Crippen LogP contribution in [0.4, 0.5) is 20.2 Å². The maximum Gasteiger partial charge on any atom is 0.387 e. The number of nitrogens with two attached hydrogens (primary N) is 2. The molecule has 0 aliphatic carbocycles. The second kappa shape index (κ2) is 6.87. The highest BCUT2D eigenvalue weighted by Crippen LogP contribution is 2.16. The molecule has 0 spiro atoms. The van der Waals surface area contributed by atoms with Gasteiger partial charge in [-0.05, 0) is 36.4 Å². The molecule has 2 aromatic rings. The fourth-order valence-corrected chi connectivity index (χ4v) is 1.88. The Kier molecular flexibility index (Phi) is 4.87. The van der Waals surface area contributed by atoms with Gasteiger partial charge in [0.05, 0.1) is 11.1 Å². The summed E-state index contributed by atoms with van der Waals surface area (Å²) in [6.07, 6.45) is 0. The molecular weight excluding hydrogens is 338 g/mol. The van der Waals surface area contributed by atoms with E-state index in [2.05, 4.69) is 4.74 Å². The van der Waals surface area contributed by atoms with Gasteiger partial charge in [0.2, 0.25) is 0 Å². The smallest absolute Gasteiger partial charge is 0.387 e. The van der Waals surface area contributed by atoms with Gasteiger partial charge >= 0.3 is 11.9 Å².